The minimum atomic E-state index is -0.688. The van der Waals surface area contributed by atoms with Gasteiger partial charge in [-0.3, -0.25) is 9.69 Å². The lowest BCUT2D eigenvalue weighted by atomic mass is 10.2. The van der Waals surface area contributed by atoms with Crippen LogP contribution < -0.4 is 11.1 Å². The molecule has 0 fully saturated rings. The molecule has 2 amide bonds. The van der Waals surface area contributed by atoms with E-state index >= 15 is 0 Å². The minimum Gasteiger partial charge on any atom is -0.449 e. The van der Waals surface area contributed by atoms with Gasteiger partial charge >= 0.3 is 6.09 Å². The third kappa shape index (κ3) is 5.62. The van der Waals surface area contributed by atoms with Crippen molar-refractivity contribution in [3.63, 3.8) is 0 Å². The number of nitriles is 1. The summed E-state index contributed by atoms with van der Waals surface area (Å²) in [6.07, 6.45) is 0.424. The summed E-state index contributed by atoms with van der Waals surface area (Å²) in [5, 5.41) is 12.0. The van der Waals surface area contributed by atoms with Crippen molar-refractivity contribution in [1.29, 1.82) is 5.26 Å². The fourth-order valence-electron chi connectivity index (χ4n) is 1.60. The van der Waals surface area contributed by atoms with Crippen LogP contribution in [-0.2, 0) is 9.53 Å². The zero-order chi connectivity index (χ0) is 17.2. The van der Waals surface area contributed by atoms with Crippen molar-refractivity contribution >= 4 is 29.3 Å². The summed E-state index contributed by atoms with van der Waals surface area (Å²) in [5.41, 5.74) is 5.51. The molecule has 0 heterocycles. The van der Waals surface area contributed by atoms with Crippen molar-refractivity contribution in [3.05, 3.63) is 41.1 Å². The number of hydrogen-bond acceptors (Lipinski definition) is 5. The minimum absolute atomic E-state index is 0.114. The maximum Gasteiger partial charge on any atom is 0.413 e. The number of ether oxygens (including phenoxy) is 1. The Morgan fingerprint density at radius 3 is 2.74 bits per heavy atom. The number of rotatable bonds is 6. The second kappa shape index (κ2) is 9.46. The number of nitrogens with one attached hydrogen (secondary N) is 1. The van der Waals surface area contributed by atoms with Gasteiger partial charge in [-0.25, -0.2) is 4.79 Å². The highest BCUT2D eigenvalue weighted by molar-refractivity contribution is 6.33. The lowest BCUT2D eigenvalue weighted by Gasteiger charge is -2.17. The van der Waals surface area contributed by atoms with Crippen LogP contribution in [0.1, 0.15) is 6.92 Å². The van der Waals surface area contributed by atoms with Gasteiger partial charge in [0.05, 0.1) is 17.3 Å². The monoisotopic (exact) mass is 336 g/mol. The molecular weight excluding hydrogens is 320 g/mol. The number of halogens is 1. The first-order chi connectivity index (χ1) is 11.0. The van der Waals surface area contributed by atoms with Crippen LogP contribution in [0.2, 0.25) is 5.02 Å². The number of nitrogens with two attached hydrogens (primary N) is 1. The van der Waals surface area contributed by atoms with Crippen LogP contribution >= 0.6 is 11.6 Å². The highest BCUT2D eigenvalue weighted by Crippen LogP contribution is 2.21. The van der Waals surface area contributed by atoms with Crippen molar-refractivity contribution in [2.45, 2.75) is 6.92 Å². The summed E-state index contributed by atoms with van der Waals surface area (Å²) in [6, 6.07) is 8.34. The van der Waals surface area contributed by atoms with E-state index in [1.54, 1.807) is 37.3 Å². The molecule has 23 heavy (non-hydrogen) atoms. The Balaban J connectivity index is 2.95. The number of para-hydroxylation sites is 1. The first-order valence-electron chi connectivity index (χ1n) is 6.84. The molecular formula is C15H17ClN4O3. The summed E-state index contributed by atoms with van der Waals surface area (Å²) in [6.45, 7) is 2.09. The van der Waals surface area contributed by atoms with Gasteiger partial charge in [-0.15, -0.1) is 0 Å². The normalized spacial score (nSPS) is 10.6. The summed E-state index contributed by atoms with van der Waals surface area (Å²) in [7, 11) is 0. The van der Waals surface area contributed by atoms with Crippen molar-refractivity contribution in [1.82, 2.24) is 4.90 Å². The van der Waals surface area contributed by atoms with E-state index in [0.717, 1.165) is 11.1 Å². The van der Waals surface area contributed by atoms with Crippen LogP contribution in [0.25, 0.3) is 0 Å². The molecule has 0 aromatic heterocycles. The predicted molar refractivity (Wildman–Crippen MR) is 86.6 cm³/mol. The first-order valence-corrected chi connectivity index (χ1v) is 7.22. The molecule has 0 aliphatic heterocycles. The number of benzene rings is 1. The molecule has 0 aliphatic rings. The van der Waals surface area contributed by atoms with E-state index < -0.39 is 12.0 Å². The zero-order valence-corrected chi connectivity index (χ0v) is 13.3. The Bertz CT molecular complexity index is 640. The summed E-state index contributed by atoms with van der Waals surface area (Å²) < 4.78 is 4.84. The van der Waals surface area contributed by atoms with Crippen LogP contribution in [0.3, 0.4) is 0 Å². The van der Waals surface area contributed by atoms with E-state index in [0.29, 0.717) is 10.7 Å². The van der Waals surface area contributed by atoms with E-state index in [9.17, 15) is 9.59 Å². The lowest BCUT2D eigenvalue weighted by molar-refractivity contribution is -0.112. The third-order valence-electron chi connectivity index (χ3n) is 2.64. The average Bonchev–Trinajstić information content (AvgIpc) is 2.53. The number of hydrogen-bond donors (Lipinski definition) is 2. The van der Waals surface area contributed by atoms with E-state index in [2.05, 4.69) is 5.32 Å². The van der Waals surface area contributed by atoms with Gasteiger partial charge in [-0.05, 0) is 19.1 Å². The lowest BCUT2D eigenvalue weighted by Crippen LogP contribution is -2.32. The van der Waals surface area contributed by atoms with Crippen molar-refractivity contribution in [2.24, 2.45) is 5.73 Å². The van der Waals surface area contributed by atoms with E-state index in [4.69, 9.17) is 27.3 Å². The molecule has 0 saturated carbocycles. The Hall–Kier alpha value is -2.56. The molecule has 1 aromatic carbocycles. The number of carbonyl (C=O) groups excluding carboxylic acids is 2. The van der Waals surface area contributed by atoms with Crippen LogP contribution in [0.4, 0.5) is 10.5 Å². The van der Waals surface area contributed by atoms with Gasteiger partial charge in [0.25, 0.3) is 5.91 Å². The number of carbonyl (C=O) groups is 2. The number of amides is 2. The molecule has 0 radical (unpaired) electrons. The molecule has 7 nitrogen and oxygen atoms in total. The molecule has 0 aliphatic carbocycles. The van der Waals surface area contributed by atoms with E-state index in [1.807, 2.05) is 0 Å². The fourth-order valence-corrected chi connectivity index (χ4v) is 1.78. The van der Waals surface area contributed by atoms with E-state index in [1.165, 1.54) is 0 Å². The Morgan fingerprint density at radius 1 is 1.48 bits per heavy atom. The molecule has 1 aromatic rings. The van der Waals surface area contributed by atoms with Gasteiger partial charge in [0, 0.05) is 19.3 Å². The maximum atomic E-state index is 12.1. The predicted octanol–water partition coefficient (Wildman–Crippen LogP) is 2.10. The molecule has 0 spiro atoms. The number of nitrogens with zero attached hydrogens (tertiary/aromatic N) is 2. The van der Waals surface area contributed by atoms with Crippen molar-refractivity contribution < 1.29 is 14.3 Å². The van der Waals surface area contributed by atoms with Gasteiger partial charge < -0.3 is 15.8 Å². The average molecular weight is 337 g/mol. The largest absolute Gasteiger partial charge is 0.449 e. The van der Waals surface area contributed by atoms with Crippen LogP contribution in [0.15, 0.2) is 36.0 Å². The SMILES string of the molecule is CCOC(=O)N(/C=C(/C#N)C(=O)Nc1ccccc1Cl)CCN. The van der Waals surface area contributed by atoms with Crippen LogP contribution in [-0.4, -0.2) is 36.6 Å². The van der Waals surface area contributed by atoms with Gasteiger partial charge in [0.15, 0.2) is 0 Å². The molecule has 3 N–H and O–H groups in total. The number of anilines is 1. The molecule has 0 unspecified atom stereocenters. The topological polar surface area (TPSA) is 108 Å². The molecule has 1 rings (SSSR count). The Kier molecular flexibility index (Phi) is 7.60. The van der Waals surface area contributed by atoms with Gasteiger partial charge in [-0.1, -0.05) is 23.7 Å². The van der Waals surface area contributed by atoms with Gasteiger partial charge in [0.1, 0.15) is 11.6 Å². The zero-order valence-electron chi connectivity index (χ0n) is 12.6. The molecule has 8 heteroatoms. The summed E-state index contributed by atoms with van der Waals surface area (Å²) >= 11 is 5.95. The fraction of sp³-hybridized carbons (Fsp3) is 0.267. The molecule has 0 bridgehead atoms. The van der Waals surface area contributed by atoms with Crippen molar-refractivity contribution in [2.75, 3.05) is 25.0 Å². The second-order valence-corrected chi connectivity index (χ2v) is 4.68. The van der Waals surface area contributed by atoms with E-state index in [-0.39, 0.29) is 25.3 Å². The Morgan fingerprint density at radius 2 is 2.17 bits per heavy atom. The molecule has 122 valence electrons. The van der Waals surface area contributed by atoms with Crippen LogP contribution in [0, 0.1) is 11.3 Å². The summed E-state index contributed by atoms with van der Waals surface area (Å²) in [5.74, 6) is -0.688. The Labute approximate surface area is 139 Å². The second-order valence-electron chi connectivity index (χ2n) is 4.27. The molecule has 0 saturated heterocycles. The first kappa shape index (κ1) is 18.5. The standard InChI is InChI=1S/C15H17ClN4O3/c1-2-23-15(22)20(8-7-17)10-11(9-18)14(21)19-13-6-4-3-5-12(13)16/h3-6,10H,2,7-8,17H2,1H3,(H,19,21)/b11-10-. The smallest absolute Gasteiger partial charge is 0.413 e. The highest BCUT2D eigenvalue weighted by Gasteiger charge is 2.17. The highest BCUT2D eigenvalue weighted by atomic mass is 35.5. The quantitative estimate of drug-likeness (QED) is 0.611. The maximum absolute atomic E-state index is 12.1. The summed E-state index contributed by atoms with van der Waals surface area (Å²) in [4.78, 5) is 25.0. The molecule has 0 atom stereocenters. The van der Waals surface area contributed by atoms with Crippen molar-refractivity contribution in [3.8, 4) is 6.07 Å². The van der Waals surface area contributed by atoms with Gasteiger partial charge in [0.2, 0.25) is 0 Å². The third-order valence-corrected chi connectivity index (χ3v) is 2.97. The van der Waals surface area contributed by atoms with Gasteiger partial charge in [-0.2, -0.15) is 5.26 Å². The van der Waals surface area contributed by atoms with Crippen LogP contribution in [0.5, 0.6) is 0 Å².